The fraction of sp³-hybridized carbons (Fsp3) is 0.200. The van der Waals surface area contributed by atoms with Crippen molar-refractivity contribution in [1.29, 1.82) is 0 Å². The molecule has 0 radical (unpaired) electrons. The normalized spacial score (nSPS) is 11.3. The molecule has 0 aliphatic carbocycles. The van der Waals surface area contributed by atoms with E-state index in [2.05, 4.69) is 15.6 Å². The van der Waals surface area contributed by atoms with Crippen LogP contribution in [-0.2, 0) is 4.79 Å². The van der Waals surface area contributed by atoms with Crippen molar-refractivity contribution < 1.29 is 4.79 Å². The fourth-order valence-electron chi connectivity index (χ4n) is 2.27. The van der Waals surface area contributed by atoms with Crippen LogP contribution >= 0.6 is 34.5 Å². The number of anilines is 3. The summed E-state index contributed by atoms with van der Waals surface area (Å²) in [6.07, 6.45) is 0. The molecule has 3 rings (SSSR count). The Labute approximate surface area is 172 Å². The zero-order chi connectivity index (χ0) is 19.4. The van der Waals surface area contributed by atoms with Crippen LogP contribution in [0.5, 0.6) is 0 Å². The van der Waals surface area contributed by atoms with Gasteiger partial charge in [0.1, 0.15) is 0 Å². The molecule has 1 amide bonds. The fourth-order valence-corrected chi connectivity index (χ4v) is 3.32. The van der Waals surface area contributed by atoms with E-state index in [0.717, 1.165) is 22.1 Å². The minimum atomic E-state index is -0.633. The summed E-state index contributed by atoms with van der Waals surface area (Å²) in [5, 5.41) is 9.57. The van der Waals surface area contributed by atoms with Crippen molar-refractivity contribution in [3.63, 3.8) is 0 Å². The van der Waals surface area contributed by atoms with Gasteiger partial charge in [0, 0.05) is 33.2 Å². The highest BCUT2D eigenvalue weighted by Gasteiger charge is 2.26. The van der Waals surface area contributed by atoms with Crippen LogP contribution in [-0.4, -0.2) is 16.8 Å². The highest BCUT2D eigenvalue weighted by molar-refractivity contribution is 7.14. The molecule has 0 aliphatic heterocycles. The number of nitrogens with zero attached hydrogens (tertiary/aromatic N) is 1. The van der Waals surface area contributed by atoms with E-state index in [4.69, 9.17) is 23.2 Å². The lowest BCUT2D eigenvalue weighted by molar-refractivity contribution is -0.122. The van der Waals surface area contributed by atoms with Crippen molar-refractivity contribution >= 4 is 57.0 Å². The SMILES string of the molecule is CC(C)(CCl)C(=O)Nc1cccc(-c2csc(Nc3cccc(Cl)c3)n2)c1. The highest BCUT2D eigenvalue weighted by atomic mass is 35.5. The van der Waals surface area contributed by atoms with Crippen LogP contribution in [0.1, 0.15) is 13.8 Å². The van der Waals surface area contributed by atoms with Crippen LogP contribution in [0, 0.1) is 5.41 Å². The Kier molecular flexibility index (Phi) is 6.05. The lowest BCUT2D eigenvalue weighted by atomic mass is 9.95. The molecular formula is C20H19Cl2N3OS. The second-order valence-corrected chi connectivity index (χ2v) is 8.29. The average Bonchev–Trinajstić information content (AvgIpc) is 3.10. The summed E-state index contributed by atoms with van der Waals surface area (Å²) >= 11 is 13.4. The van der Waals surface area contributed by atoms with Gasteiger partial charge in [0.25, 0.3) is 0 Å². The first kappa shape index (κ1) is 19.7. The van der Waals surface area contributed by atoms with E-state index in [1.807, 2.05) is 67.8 Å². The van der Waals surface area contributed by atoms with Crippen LogP contribution in [0.4, 0.5) is 16.5 Å². The number of amides is 1. The third kappa shape index (κ3) is 5.01. The smallest absolute Gasteiger partial charge is 0.231 e. The molecular weight excluding hydrogens is 401 g/mol. The lowest BCUT2D eigenvalue weighted by Crippen LogP contribution is -2.32. The quantitative estimate of drug-likeness (QED) is 0.453. The number of carbonyl (C=O) groups is 1. The molecule has 1 aromatic heterocycles. The standard InChI is InChI=1S/C20H19Cl2N3OS/c1-20(2,12-21)18(26)23-15-7-3-5-13(9-15)17-11-27-19(25-17)24-16-8-4-6-14(22)10-16/h3-11H,12H2,1-2H3,(H,23,26)(H,24,25). The van der Waals surface area contributed by atoms with E-state index in [9.17, 15) is 4.79 Å². The van der Waals surface area contributed by atoms with Crippen LogP contribution in [0.15, 0.2) is 53.9 Å². The lowest BCUT2D eigenvalue weighted by Gasteiger charge is -2.20. The van der Waals surface area contributed by atoms with Gasteiger partial charge in [0.05, 0.1) is 11.1 Å². The third-order valence-corrected chi connectivity index (χ3v) is 5.61. The maximum Gasteiger partial charge on any atom is 0.231 e. The van der Waals surface area contributed by atoms with Gasteiger partial charge in [0.15, 0.2) is 5.13 Å². The Morgan fingerprint density at radius 3 is 2.63 bits per heavy atom. The summed E-state index contributed by atoms with van der Waals surface area (Å²) in [7, 11) is 0. The molecule has 4 nitrogen and oxygen atoms in total. The summed E-state index contributed by atoms with van der Waals surface area (Å²) in [5.74, 6) is 0.139. The minimum absolute atomic E-state index is 0.115. The zero-order valence-electron chi connectivity index (χ0n) is 14.9. The monoisotopic (exact) mass is 419 g/mol. The molecule has 140 valence electrons. The molecule has 7 heteroatoms. The second-order valence-electron chi connectivity index (χ2n) is 6.73. The van der Waals surface area contributed by atoms with Gasteiger partial charge < -0.3 is 10.6 Å². The number of aromatic nitrogens is 1. The largest absolute Gasteiger partial charge is 0.331 e. The molecule has 0 unspecified atom stereocenters. The first-order chi connectivity index (χ1) is 12.9. The zero-order valence-corrected chi connectivity index (χ0v) is 17.3. The Morgan fingerprint density at radius 1 is 1.15 bits per heavy atom. The predicted molar refractivity (Wildman–Crippen MR) is 115 cm³/mol. The molecule has 27 heavy (non-hydrogen) atoms. The summed E-state index contributed by atoms with van der Waals surface area (Å²) in [6, 6.07) is 15.1. The van der Waals surface area contributed by atoms with Crippen molar-refractivity contribution in [2.45, 2.75) is 13.8 Å². The number of thiazole rings is 1. The van der Waals surface area contributed by atoms with E-state index in [1.54, 1.807) is 0 Å². The van der Waals surface area contributed by atoms with E-state index in [0.29, 0.717) is 10.7 Å². The van der Waals surface area contributed by atoms with Gasteiger partial charge in [-0.15, -0.1) is 22.9 Å². The number of hydrogen-bond acceptors (Lipinski definition) is 4. The van der Waals surface area contributed by atoms with Gasteiger partial charge in [-0.1, -0.05) is 29.8 Å². The molecule has 0 saturated heterocycles. The Hall–Kier alpha value is -2.08. The van der Waals surface area contributed by atoms with Crippen LogP contribution in [0.25, 0.3) is 11.3 Å². The van der Waals surface area contributed by atoms with Gasteiger partial charge in [-0.3, -0.25) is 4.79 Å². The summed E-state index contributed by atoms with van der Waals surface area (Å²) in [6.45, 7) is 3.63. The van der Waals surface area contributed by atoms with Gasteiger partial charge >= 0.3 is 0 Å². The van der Waals surface area contributed by atoms with Crippen molar-refractivity contribution in [1.82, 2.24) is 4.98 Å². The molecule has 2 N–H and O–H groups in total. The van der Waals surface area contributed by atoms with E-state index in [1.165, 1.54) is 11.3 Å². The van der Waals surface area contributed by atoms with Crippen LogP contribution in [0.3, 0.4) is 0 Å². The Balaban J connectivity index is 1.76. The Bertz CT molecular complexity index is 956. The summed E-state index contributed by atoms with van der Waals surface area (Å²) in [4.78, 5) is 16.9. The molecule has 0 bridgehead atoms. The highest BCUT2D eigenvalue weighted by Crippen LogP contribution is 2.29. The maximum atomic E-state index is 12.3. The van der Waals surface area contributed by atoms with Crippen molar-refractivity contribution in [3.8, 4) is 11.3 Å². The van der Waals surface area contributed by atoms with Gasteiger partial charge in [-0.2, -0.15) is 0 Å². The van der Waals surface area contributed by atoms with Crippen molar-refractivity contribution in [3.05, 3.63) is 58.9 Å². The number of hydrogen-bond donors (Lipinski definition) is 2. The average molecular weight is 420 g/mol. The number of alkyl halides is 1. The van der Waals surface area contributed by atoms with E-state index < -0.39 is 5.41 Å². The third-order valence-electron chi connectivity index (χ3n) is 3.95. The number of benzene rings is 2. The topological polar surface area (TPSA) is 54.0 Å². The first-order valence-corrected chi connectivity index (χ1v) is 10.1. The molecule has 1 heterocycles. The molecule has 0 saturated carbocycles. The minimum Gasteiger partial charge on any atom is -0.331 e. The maximum absolute atomic E-state index is 12.3. The van der Waals surface area contributed by atoms with E-state index in [-0.39, 0.29) is 11.8 Å². The van der Waals surface area contributed by atoms with Gasteiger partial charge in [-0.25, -0.2) is 4.98 Å². The molecule has 0 aliphatic rings. The molecule has 3 aromatic rings. The number of rotatable bonds is 6. The van der Waals surface area contributed by atoms with Crippen LogP contribution in [0.2, 0.25) is 5.02 Å². The molecule has 0 fully saturated rings. The molecule has 0 spiro atoms. The Morgan fingerprint density at radius 2 is 1.89 bits per heavy atom. The number of carbonyl (C=O) groups excluding carboxylic acids is 1. The van der Waals surface area contributed by atoms with Crippen molar-refractivity contribution in [2.75, 3.05) is 16.5 Å². The van der Waals surface area contributed by atoms with Gasteiger partial charge in [-0.05, 0) is 44.2 Å². The van der Waals surface area contributed by atoms with Crippen LogP contribution < -0.4 is 10.6 Å². The molecule has 2 aromatic carbocycles. The summed E-state index contributed by atoms with van der Waals surface area (Å²) in [5.41, 5.74) is 2.72. The number of nitrogens with one attached hydrogen (secondary N) is 2. The predicted octanol–water partition coefficient (Wildman–Crippen LogP) is 6.41. The van der Waals surface area contributed by atoms with Crippen molar-refractivity contribution in [2.24, 2.45) is 5.41 Å². The first-order valence-electron chi connectivity index (χ1n) is 8.33. The molecule has 0 atom stereocenters. The van der Waals surface area contributed by atoms with Gasteiger partial charge in [0.2, 0.25) is 5.91 Å². The summed E-state index contributed by atoms with van der Waals surface area (Å²) < 4.78 is 0. The number of halogens is 2. The second kappa shape index (κ2) is 8.30. The van der Waals surface area contributed by atoms with E-state index >= 15 is 0 Å².